The lowest BCUT2D eigenvalue weighted by Crippen LogP contribution is -2.23. The number of allylic oxidation sites excluding steroid dienone is 1. The summed E-state index contributed by atoms with van der Waals surface area (Å²) in [5, 5.41) is 2.72. The third-order valence-electron chi connectivity index (χ3n) is 1.95. The van der Waals surface area contributed by atoms with Gasteiger partial charge < -0.3 is 5.32 Å². The van der Waals surface area contributed by atoms with Crippen molar-refractivity contribution in [3.05, 3.63) is 45.7 Å². The van der Waals surface area contributed by atoms with Gasteiger partial charge in [-0.1, -0.05) is 11.6 Å². The summed E-state index contributed by atoms with van der Waals surface area (Å²) in [5.41, 5.74) is 1.58. The highest BCUT2D eigenvalue weighted by Crippen LogP contribution is 2.16. The van der Waals surface area contributed by atoms with E-state index >= 15 is 0 Å². The second kappa shape index (κ2) is 5.80. The van der Waals surface area contributed by atoms with E-state index in [0.29, 0.717) is 16.6 Å². The van der Waals surface area contributed by atoms with Crippen molar-refractivity contribution in [1.29, 1.82) is 0 Å². The van der Waals surface area contributed by atoms with Gasteiger partial charge in [-0.25, -0.2) is 4.39 Å². The smallest absolute Gasteiger partial charge is 0.251 e. The quantitative estimate of drug-likeness (QED) is 0.849. The van der Waals surface area contributed by atoms with Crippen LogP contribution < -0.4 is 5.32 Å². The molecule has 0 aliphatic rings. The van der Waals surface area contributed by atoms with Crippen LogP contribution in [0.4, 0.5) is 4.39 Å². The molecule has 0 bridgehead atoms. The number of benzene rings is 1. The molecule has 86 valence electrons. The molecule has 0 aromatic heterocycles. The Morgan fingerprint density at radius 2 is 2.19 bits per heavy atom. The average molecular weight is 286 g/mol. The summed E-state index contributed by atoms with van der Waals surface area (Å²) in [7, 11) is 0. The molecule has 1 amide bonds. The fraction of sp³-hybridized carbons (Fsp3) is 0.250. The number of hydrogen-bond donors (Lipinski definition) is 1. The topological polar surface area (TPSA) is 29.1 Å². The number of carbonyl (C=O) groups excluding carboxylic acids is 1. The van der Waals surface area contributed by atoms with Crippen molar-refractivity contribution in [2.45, 2.75) is 13.8 Å². The summed E-state index contributed by atoms with van der Waals surface area (Å²) in [6.07, 6.45) is 1.91. The van der Waals surface area contributed by atoms with Gasteiger partial charge in [0.25, 0.3) is 5.91 Å². The minimum absolute atomic E-state index is 0.210. The lowest BCUT2D eigenvalue weighted by Gasteiger charge is -2.03. The summed E-state index contributed by atoms with van der Waals surface area (Å²) < 4.78 is 13.2. The minimum Gasteiger partial charge on any atom is -0.349 e. The van der Waals surface area contributed by atoms with Gasteiger partial charge in [-0.15, -0.1) is 0 Å². The Bertz CT molecular complexity index is 425. The number of hydrogen-bond acceptors (Lipinski definition) is 1. The van der Waals surface area contributed by atoms with Gasteiger partial charge in [0.15, 0.2) is 0 Å². The Kier molecular flexibility index (Phi) is 4.68. The number of amides is 1. The van der Waals surface area contributed by atoms with E-state index in [1.807, 2.05) is 19.9 Å². The molecule has 0 aliphatic carbocycles. The molecule has 0 saturated heterocycles. The summed E-state index contributed by atoms with van der Waals surface area (Å²) in [6, 6.07) is 4.19. The second-order valence-corrected chi connectivity index (χ2v) is 4.47. The van der Waals surface area contributed by atoms with E-state index in [4.69, 9.17) is 0 Å². The fourth-order valence-corrected chi connectivity index (χ4v) is 1.47. The Balaban J connectivity index is 2.66. The molecule has 0 saturated carbocycles. The van der Waals surface area contributed by atoms with Crippen molar-refractivity contribution in [1.82, 2.24) is 5.32 Å². The van der Waals surface area contributed by atoms with Gasteiger partial charge in [-0.2, -0.15) is 0 Å². The zero-order valence-corrected chi connectivity index (χ0v) is 10.8. The molecule has 0 radical (unpaired) electrons. The van der Waals surface area contributed by atoms with Crippen LogP contribution in [0.15, 0.2) is 34.3 Å². The van der Waals surface area contributed by atoms with Crippen LogP contribution in [-0.4, -0.2) is 12.5 Å². The van der Waals surface area contributed by atoms with Crippen LogP contribution >= 0.6 is 15.9 Å². The number of nitrogens with one attached hydrogen (secondary N) is 1. The van der Waals surface area contributed by atoms with E-state index in [-0.39, 0.29) is 11.7 Å². The second-order valence-electron chi connectivity index (χ2n) is 3.62. The molecule has 0 atom stereocenters. The summed E-state index contributed by atoms with van der Waals surface area (Å²) in [4.78, 5) is 11.6. The molecule has 0 fully saturated rings. The van der Waals surface area contributed by atoms with Crippen LogP contribution in [0.3, 0.4) is 0 Å². The van der Waals surface area contributed by atoms with Gasteiger partial charge >= 0.3 is 0 Å². The van der Waals surface area contributed by atoms with Gasteiger partial charge in [0.05, 0.1) is 4.47 Å². The molecule has 0 spiro atoms. The maximum absolute atomic E-state index is 12.9. The van der Waals surface area contributed by atoms with E-state index in [1.54, 1.807) is 0 Å². The number of carbonyl (C=O) groups is 1. The van der Waals surface area contributed by atoms with E-state index in [0.717, 1.165) is 5.57 Å². The van der Waals surface area contributed by atoms with Gasteiger partial charge in [0.2, 0.25) is 0 Å². The highest BCUT2D eigenvalue weighted by atomic mass is 79.9. The number of halogens is 2. The van der Waals surface area contributed by atoms with Crippen molar-refractivity contribution in [3.63, 3.8) is 0 Å². The maximum Gasteiger partial charge on any atom is 0.251 e. The molecule has 16 heavy (non-hydrogen) atoms. The lowest BCUT2D eigenvalue weighted by atomic mass is 10.2. The summed E-state index contributed by atoms with van der Waals surface area (Å²) >= 11 is 3.04. The summed E-state index contributed by atoms with van der Waals surface area (Å²) in [5.74, 6) is -0.584. The normalized spacial score (nSPS) is 9.75. The molecule has 0 aliphatic heterocycles. The first-order valence-corrected chi connectivity index (χ1v) is 5.66. The van der Waals surface area contributed by atoms with Crippen LogP contribution in [-0.2, 0) is 0 Å². The van der Waals surface area contributed by atoms with Crippen LogP contribution in [0.2, 0.25) is 0 Å². The van der Waals surface area contributed by atoms with Crippen LogP contribution in [0, 0.1) is 5.82 Å². The van der Waals surface area contributed by atoms with Crippen LogP contribution in [0.25, 0.3) is 0 Å². The molecule has 4 heteroatoms. The maximum atomic E-state index is 12.9. The zero-order valence-electron chi connectivity index (χ0n) is 9.18. The first kappa shape index (κ1) is 12.9. The third kappa shape index (κ3) is 3.77. The predicted octanol–water partition coefficient (Wildman–Crippen LogP) is 3.28. The molecule has 1 N–H and O–H groups in total. The van der Waals surface area contributed by atoms with E-state index in [1.165, 1.54) is 18.2 Å². The standard InChI is InChI=1S/C12H13BrFNO/c1-8(2)5-6-15-12(16)9-3-4-11(14)10(13)7-9/h3-5,7H,6H2,1-2H3,(H,15,16). The molecule has 1 aromatic rings. The van der Waals surface area contributed by atoms with Crippen molar-refractivity contribution in [2.24, 2.45) is 0 Å². The third-order valence-corrected chi connectivity index (χ3v) is 2.56. The molecule has 2 nitrogen and oxygen atoms in total. The average Bonchev–Trinajstić information content (AvgIpc) is 2.21. The van der Waals surface area contributed by atoms with Crippen molar-refractivity contribution >= 4 is 21.8 Å². The molecule has 1 rings (SSSR count). The molecule has 0 heterocycles. The monoisotopic (exact) mass is 285 g/mol. The van der Waals surface area contributed by atoms with E-state index < -0.39 is 0 Å². The van der Waals surface area contributed by atoms with E-state index in [2.05, 4.69) is 21.2 Å². The van der Waals surface area contributed by atoms with Crippen LogP contribution in [0.1, 0.15) is 24.2 Å². The fourth-order valence-electron chi connectivity index (χ4n) is 1.09. The van der Waals surface area contributed by atoms with Gasteiger partial charge in [-0.05, 0) is 48.0 Å². The highest BCUT2D eigenvalue weighted by molar-refractivity contribution is 9.10. The van der Waals surface area contributed by atoms with Crippen molar-refractivity contribution in [2.75, 3.05) is 6.54 Å². The van der Waals surface area contributed by atoms with E-state index in [9.17, 15) is 9.18 Å². The Morgan fingerprint density at radius 1 is 1.50 bits per heavy atom. The lowest BCUT2D eigenvalue weighted by molar-refractivity contribution is 0.0958. The van der Waals surface area contributed by atoms with Gasteiger partial charge in [0, 0.05) is 12.1 Å². The SMILES string of the molecule is CC(C)=CCNC(=O)c1ccc(F)c(Br)c1. The molecule has 0 unspecified atom stereocenters. The molecule has 1 aromatic carbocycles. The number of rotatable bonds is 3. The highest BCUT2D eigenvalue weighted by Gasteiger charge is 2.06. The first-order chi connectivity index (χ1) is 7.50. The Hall–Kier alpha value is -1.16. The van der Waals surface area contributed by atoms with Crippen LogP contribution in [0.5, 0.6) is 0 Å². The van der Waals surface area contributed by atoms with Gasteiger partial charge in [-0.3, -0.25) is 4.79 Å². The largest absolute Gasteiger partial charge is 0.349 e. The predicted molar refractivity (Wildman–Crippen MR) is 65.9 cm³/mol. The van der Waals surface area contributed by atoms with Gasteiger partial charge in [0.1, 0.15) is 5.82 Å². The minimum atomic E-state index is -0.374. The Morgan fingerprint density at radius 3 is 2.75 bits per heavy atom. The molecular formula is C12H13BrFNO. The zero-order chi connectivity index (χ0) is 12.1. The summed E-state index contributed by atoms with van der Waals surface area (Å²) in [6.45, 7) is 4.40. The Labute approximate surface area is 103 Å². The van der Waals surface area contributed by atoms with Crippen molar-refractivity contribution < 1.29 is 9.18 Å². The molecular weight excluding hydrogens is 273 g/mol. The van der Waals surface area contributed by atoms with Crippen molar-refractivity contribution in [3.8, 4) is 0 Å². The first-order valence-electron chi connectivity index (χ1n) is 4.87.